The first kappa shape index (κ1) is 10.6. The van der Waals surface area contributed by atoms with Gasteiger partial charge in [-0.15, -0.1) is 0 Å². The van der Waals surface area contributed by atoms with E-state index in [4.69, 9.17) is 5.73 Å². The highest BCUT2D eigenvalue weighted by Crippen LogP contribution is 2.20. The molecule has 2 aliphatic heterocycles. The third kappa shape index (κ3) is 2.55. The number of hydrogen-bond acceptors (Lipinski definition) is 3. The van der Waals surface area contributed by atoms with Crippen LogP contribution in [0.15, 0.2) is 0 Å². The lowest BCUT2D eigenvalue weighted by atomic mass is 10.0. The standard InChI is InChI=1S/C10H20N2OS/c11-9-1-5-12(6-2-9)10-3-7-14(13)8-4-10/h9-10H,1-8,11H2. The van der Waals surface area contributed by atoms with Crippen LogP contribution in [-0.4, -0.2) is 45.8 Å². The molecule has 14 heavy (non-hydrogen) atoms. The van der Waals surface area contributed by atoms with Gasteiger partial charge in [0.2, 0.25) is 0 Å². The Morgan fingerprint density at radius 3 is 2.21 bits per heavy atom. The minimum atomic E-state index is -0.524. The van der Waals surface area contributed by atoms with Crippen molar-refractivity contribution in [2.24, 2.45) is 5.73 Å². The molecule has 2 aliphatic rings. The normalized spacial score (nSPS) is 37.2. The largest absolute Gasteiger partial charge is 0.328 e. The zero-order chi connectivity index (χ0) is 9.97. The first-order valence-corrected chi connectivity index (χ1v) is 7.09. The highest BCUT2D eigenvalue weighted by atomic mass is 32.2. The van der Waals surface area contributed by atoms with Crippen molar-refractivity contribution in [3.63, 3.8) is 0 Å². The molecular weight excluding hydrogens is 196 g/mol. The van der Waals surface area contributed by atoms with Crippen LogP contribution in [-0.2, 0) is 10.8 Å². The molecule has 0 atom stereocenters. The summed E-state index contributed by atoms with van der Waals surface area (Å²) in [5, 5.41) is 0. The fourth-order valence-corrected chi connectivity index (χ4v) is 3.71. The van der Waals surface area contributed by atoms with Crippen LogP contribution in [0.5, 0.6) is 0 Å². The van der Waals surface area contributed by atoms with Gasteiger partial charge in [0.1, 0.15) is 0 Å². The number of rotatable bonds is 1. The molecule has 2 rings (SSSR count). The van der Waals surface area contributed by atoms with Crippen molar-refractivity contribution in [3.05, 3.63) is 0 Å². The van der Waals surface area contributed by atoms with Crippen molar-refractivity contribution in [3.8, 4) is 0 Å². The molecule has 0 radical (unpaired) electrons. The molecule has 0 aromatic heterocycles. The summed E-state index contributed by atoms with van der Waals surface area (Å²) in [5.41, 5.74) is 5.87. The second-order valence-electron chi connectivity index (χ2n) is 4.45. The zero-order valence-corrected chi connectivity index (χ0v) is 9.47. The summed E-state index contributed by atoms with van der Waals surface area (Å²) >= 11 is 0. The minimum Gasteiger partial charge on any atom is -0.328 e. The van der Waals surface area contributed by atoms with Gasteiger partial charge in [-0.2, -0.15) is 0 Å². The first-order valence-electron chi connectivity index (χ1n) is 5.60. The second kappa shape index (κ2) is 4.73. The molecule has 0 spiro atoms. The Balaban J connectivity index is 1.81. The quantitative estimate of drug-likeness (QED) is 0.687. The molecule has 2 N–H and O–H groups in total. The maximum atomic E-state index is 11.2. The molecule has 2 saturated heterocycles. The monoisotopic (exact) mass is 216 g/mol. The molecule has 3 nitrogen and oxygen atoms in total. The topological polar surface area (TPSA) is 46.3 Å². The highest BCUT2D eigenvalue weighted by molar-refractivity contribution is 7.85. The van der Waals surface area contributed by atoms with Gasteiger partial charge in [-0.3, -0.25) is 4.21 Å². The molecule has 2 fully saturated rings. The van der Waals surface area contributed by atoms with Gasteiger partial charge in [-0.1, -0.05) is 0 Å². The van der Waals surface area contributed by atoms with E-state index in [-0.39, 0.29) is 0 Å². The van der Waals surface area contributed by atoms with E-state index < -0.39 is 10.8 Å². The van der Waals surface area contributed by atoms with Gasteiger partial charge >= 0.3 is 0 Å². The number of nitrogens with two attached hydrogens (primary N) is 1. The van der Waals surface area contributed by atoms with Gasteiger partial charge in [-0.25, -0.2) is 0 Å². The lowest BCUT2D eigenvalue weighted by Gasteiger charge is -2.38. The predicted octanol–water partition coefficient (Wildman–Crippen LogP) is 0.321. The maximum Gasteiger partial charge on any atom is 0.0249 e. The van der Waals surface area contributed by atoms with Gasteiger partial charge < -0.3 is 10.6 Å². The number of nitrogens with zero attached hydrogens (tertiary/aromatic N) is 1. The van der Waals surface area contributed by atoms with Crippen molar-refractivity contribution in [2.75, 3.05) is 24.6 Å². The van der Waals surface area contributed by atoms with E-state index >= 15 is 0 Å². The lowest BCUT2D eigenvalue weighted by Crippen LogP contribution is -2.47. The van der Waals surface area contributed by atoms with Crippen molar-refractivity contribution < 1.29 is 4.21 Å². The fraction of sp³-hybridized carbons (Fsp3) is 1.00. The SMILES string of the molecule is NC1CCN(C2CCS(=O)CC2)CC1. The summed E-state index contributed by atoms with van der Waals surface area (Å²) < 4.78 is 11.2. The maximum absolute atomic E-state index is 11.2. The summed E-state index contributed by atoms with van der Waals surface area (Å²) in [6.45, 7) is 2.30. The molecule has 0 aromatic rings. The van der Waals surface area contributed by atoms with Gasteiger partial charge in [0.05, 0.1) is 0 Å². The average molecular weight is 216 g/mol. The molecule has 0 amide bonds. The Bertz CT molecular complexity index is 204. The summed E-state index contributed by atoms with van der Waals surface area (Å²) in [7, 11) is -0.524. The molecule has 0 aliphatic carbocycles. The van der Waals surface area contributed by atoms with Crippen LogP contribution in [0.2, 0.25) is 0 Å². The Kier molecular flexibility index (Phi) is 3.57. The van der Waals surface area contributed by atoms with Gasteiger partial charge in [0.25, 0.3) is 0 Å². The number of likely N-dealkylation sites (tertiary alicyclic amines) is 1. The minimum absolute atomic E-state index is 0.420. The molecule has 82 valence electrons. The Labute approximate surface area is 88.5 Å². The summed E-state index contributed by atoms with van der Waals surface area (Å²) in [6, 6.07) is 1.11. The van der Waals surface area contributed by atoms with Crippen LogP contribution in [0.3, 0.4) is 0 Å². The van der Waals surface area contributed by atoms with Gasteiger partial charge in [0.15, 0.2) is 0 Å². The average Bonchev–Trinajstić information content (AvgIpc) is 2.21. The highest BCUT2D eigenvalue weighted by Gasteiger charge is 2.26. The van der Waals surface area contributed by atoms with E-state index in [0.717, 1.165) is 50.3 Å². The van der Waals surface area contributed by atoms with Crippen molar-refractivity contribution in [2.45, 2.75) is 37.8 Å². The van der Waals surface area contributed by atoms with Crippen LogP contribution in [0.1, 0.15) is 25.7 Å². The Hall–Kier alpha value is 0.0700. The van der Waals surface area contributed by atoms with Crippen LogP contribution in [0.4, 0.5) is 0 Å². The predicted molar refractivity (Wildman–Crippen MR) is 59.7 cm³/mol. The third-order valence-corrected chi connectivity index (χ3v) is 4.83. The number of piperidine rings is 1. The first-order chi connectivity index (χ1) is 6.75. The molecule has 2 heterocycles. The van der Waals surface area contributed by atoms with Crippen LogP contribution in [0, 0.1) is 0 Å². The molecular formula is C10H20N2OS. The van der Waals surface area contributed by atoms with Crippen molar-refractivity contribution >= 4 is 10.8 Å². The summed E-state index contributed by atoms with van der Waals surface area (Å²) in [5.74, 6) is 1.82. The Morgan fingerprint density at radius 1 is 1.07 bits per heavy atom. The van der Waals surface area contributed by atoms with E-state index in [0.29, 0.717) is 12.1 Å². The van der Waals surface area contributed by atoms with Crippen LogP contribution >= 0.6 is 0 Å². The zero-order valence-electron chi connectivity index (χ0n) is 8.65. The summed E-state index contributed by atoms with van der Waals surface area (Å²) in [4.78, 5) is 2.56. The van der Waals surface area contributed by atoms with Gasteiger partial charge in [-0.05, 0) is 38.8 Å². The molecule has 4 heteroatoms. The molecule has 0 saturated carbocycles. The van der Waals surface area contributed by atoms with E-state index in [9.17, 15) is 4.21 Å². The molecule has 0 bridgehead atoms. The van der Waals surface area contributed by atoms with Crippen LogP contribution in [0.25, 0.3) is 0 Å². The summed E-state index contributed by atoms with van der Waals surface area (Å²) in [6.07, 6.45) is 4.53. The van der Waals surface area contributed by atoms with E-state index in [1.54, 1.807) is 0 Å². The smallest absolute Gasteiger partial charge is 0.0249 e. The van der Waals surface area contributed by atoms with Crippen LogP contribution < -0.4 is 5.73 Å². The fourth-order valence-electron chi connectivity index (χ4n) is 2.43. The lowest BCUT2D eigenvalue weighted by molar-refractivity contribution is 0.144. The van der Waals surface area contributed by atoms with E-state index in [2.05, 4.69) is 4.90 Å². The van der Waals surface area contributed by atoms with E-state index in [1.165, 1.54) is 0 Å². The third-order valence-electron chi connectivity index (χ3n) is 3.45. The second-order valence-corrected chi connectivity index (χ2v) is 6.15. The molecule has 0 unspecified atom stereocenters. The number of hydrogen-bond donors (Lipinski definition) is 1. The van der Waals surface area contributed by atoms with Gasteiger partial charge in [0, 0.05) is 34.4 Å². The van der Waals surface area contributed by atoms with Crippen molar-refractivity contribution in [1.29, 1.82) is 0 Å². The van der Waals surface area contributed by atoms with E-state index in [1.807, 2.05) is 0 Å². The Morgan fingerprint density at radius 2 is 1.64 bits per heavy atom. The molecule has 0 aromatic carbocycles. The van der Waals surface area contributed by atoms with Crippen molar-refractivity contribution in [1.82, 2.24) is 4.90 Å².